The van der Waals surface area contributed by atoms with Crippen molar-refractivity contribution in [3.05, 3.63) is 102 Å². The van der Waals surface area contributed by atoms with Gasteiger partial charge in [-0.15, -0.1) is 0 Å². The van der Waals surface area contributed by atoms with Gasteiger partial charge >= 0.3 is 11.9 Å². The van der Waals surface area contributed by atoms with Crippen LogP contribution in [0, 0.1) is 0 Å². The maximum atomic E-state index is 12.7. The van der Waals surface area contributed by atoms with Gasteiger partial charge in [-0.1, -0.05) is 72.8 Å². The molecule has 1 unspecified atom stereocenters. The normalized spacial score (nSPS) is 11.8. The van der Waals surface area contributed by atoms with Crippen LogP contribution in [0.15, 0.2) is 85.1 Å². The van der Waals surface area contributed by atoms with Gasteiger partial charge < -0.3 is 9.47 Å². The number of benzene rings is 3. The molecule has 0 saturated heterocycles. The van der Waals surface area contributed by atoms with Crippen molar-refractivity contribution >= 4 is 22.8 Å². The lowest BCUT2D eigenvalue weighted by molar-refractivity contribution is -0.144. The maximum Gasteiger partial charge on any atom is 0.340 e. The number of ether oxygens (including phenoxy) is 2. The van der Waals surface area contributed by atoms with Gasteiger partial charge in [0.15, 0.2) is 6.04 Å². The summed E-state index contributed by atoms with van der Waals surface area (Å²) in [5.41, 5.74) is 2.74. The zero-order valence-corrected chi connectivity index (χ0v) is 17.1. The Morgan fingerprint density at radius 1 is 0.903 bits per heavy atom. The first kappa shape index (κ1) is 20.3. The molecule has 6 heteroatoms. The van der Waals surface area contributed by atoms with Crippen molar-refractivity contribution < 1.29 is 19.1 Å². The van der Waals surface area contributed by atoms with Gasteiger partial charge in [0.05, 0.1) is 12.7 Å². The molecule has 0 aliphatic rings. The number of esters is 2. The van der Waals surface area contributed by atoms with E-state index in [1.54, 1.807) is 23.0 Å². The fraction of sp³-hybridized carbons (Fsp3) is 0.160. The number of rotatable bonds is 7. The molecule has 31 heavy (non-hydrogen) atoms. The molecule has 0 saturated carbocycles. The van der Waals surface area contributed by atoms with Crippen molar-refractivity contribution in [3.63, 3.8) is 0 Å². The second kappa shape index (κ2) is 9.26. The van der Waals surface area contributed by atoms with E-state index in [1.807, 2.05) is 66.7 Å². The molecule has 6 nitrogen and oxygen atoms in total. The zero-order valence-electron chi connectivity index (χ0n) is 17.1. The molecule has 4 aromatic rings. The van der Waals surface area contributed by atoms with E-state index in [9.17, 15) is 9.59 Å². The Balaban J connectivity index is 1.62. The first-order chi connectivity index (χ1) is 15.2. The van der Waals surface area contributed by atoms with E-state index in [1.165, 1.54) is 7.11 Å². The Bertz CT molecular complexity index is 1190. The average Bonchev–Trinajstić information content (AvgIpc) is 3.26. The minimum Gasteiger partial charge on any atom is -0.467 e. The largest absolute Gasteiger partial charge is 0.467 e. The SMILES string of the molecule is COC(=O)C(Cc1ccccc1)n1cc2cccc(C(=O)OCc3ccccc3)c2n1. The summed E-state index contributed by atoms with van der Waals surface area (Å²) in [6.45, 7) is 0.176. The smallest absolute Gasteiger partial charge is 0.340 e. The lowest BCUT2D eigenvalue weighted by Gasteiger charge is -2.15. The molecule has 4 rings (SSSR count). The highest BCUT2D eigenvalue weighted by Gasteiger charge is 2.24. The van der Waals surface area contributed by atoms with E-state index >= 15 is 0 Å². The van der Waals surface area contributed by atoms with Gasteiger partial charge in [-0.05, 0) is 17.2 Å². The Morgan fingerprint density at radius 2 is 1.58 bits per heavy atom. The van der Waals surface area contributed by atoms with Crippen LogP contribution in [0.25, 0.3) is 10.9 Å². The maximum absolute atomic E-state index is 12.7. The lowest BCUT2D eigenvalue weighted by atomic mass is 10.1. The predicted molar refractivity (Wildman–Crippen MR) is 116 cm³/mol. The van der Waals surface area contributed by atoms with Crippen molar-refractivity contribution in [2.45, 2.75) is 19.1 Å². The quantitative estimate of drug-likeness (QED) is 0.421. The molecule has 1 aromatic heterocycles. The highest BCUT2D eigenvalue weighted by molar-refractivity contribution is 6.02. The van der Waals surface area contributed by atoms with E-state index in [0.717, 1.165) is 16.5 Å². The molecule has 0 radical (unpaired) electrons. The van der Waals surface area contributed by atoms with Gasteiger partial charge in [0.1, 0.15) is 12.1 Å². The summed E-state index contributed by atoms with van der Waals surface area (Å²) in [6, 6.07) is 23.8. The summed E-state index contributed by atoms with van der Waals surface area (Å²) in [5.74, 6) is -0.859. The van der Waals surface area contributed by atoms with Crippen LogP contribution in [-0.4, -0.2) is 28.8 Å². The van der Waals surface area contributed by atoms with Crippen molar-refractivity contribution in [2.24, 2.45) is 0 Å². The van der Waals surface area contributed by atoms with Crippen molar-refractivity contribution in [1.29, 1.82) is 0 Å². The van der Waals surface area contributed by atoms with Crippen LogP contribution in [0.1, 0.15) is 27.5 Å². The van der Waals surface area contributed by atoms with Gasteiger partial charge in [-0.2, -0.15) is 5.10 Å². The number of carbonyl (C=O) groups excluding carboxylic acids is 2. The summed E-state index contributed by atoms with van der Waals surface area (Å²) in [5, 5.41) is 5.32. The first-order valence-electron chi connectivity index (χ1n) is 9.96. The molecule has 0 spiro atoms. The summed E-state index contributed by atoms with van der Waals surface area (Å²) in [7, 11) is 1.36. The van der Waals surface area contributed by atoms with Crippen molar-refractivity contribution in [1.82, 2.24) is 9.78 Å². The molecule has 1 heterocycles. The third-order valence-corrected chi connectivity index (χ3v) is 5.05. The van der Waals surface area contributed by atoms with Crippen LogP contribution in [0.4, 0.5) is 0 Å². The number of carbonyl (C=O) groups is 2. The molecule has 0 amide bonds. The second-order valence-corrected chi connectivity index (χ2v) is 7.14. The van der Waals surface area contributed by atoms with E-state index in [0.29, 0.717) is 17.5 Å². The Labute approximate surface area is 180 Å². The van der Waals surface area contributed by atoms with Crippen molar-refractivity contribution in [2.75, 3.05) is 7.11 Å². The predicted octanol–water partition coefficient (Wildman–Crippen LogP) is 4.35. The number of methoxy groups -OCH3 is 1. The first-order valence-corrected chi connectivity index (χ1v) is 9.96. The second-order valence-electron chi connectivity index (χ2n) is 7.14. The molecule has 156 valence electrons. The number of aromatic nitrogens is 2. The van der Waals surface area contributed by atoms with Crippen LogP contribution < -0.4 is 0 Å². The fourth-order valence-electron chi connectivity index (χ4n) is 3.45. The number of hydrogen-bond donors (Lipinski definition) is 0. The molecule has 0 bridgehead atoms. The standard InChI is InChI=1S/C25H22N2O4/c1-30-25(29)22(15-18-9-4-2-5-10-18)27-16-20-13-8-14-21(23(20)26-27)24(28)31-17-19-11-6-3-7-12-19/h2-14,16,22H,15,17H2,1H3. The molecule has 0 aliphatic carbocycles. The number of nitrogens with zero attached hydrogens (tertiary/aromatic N) is 2. The average molecular weight is 414 g/mol. The van der Waals surface area contributed by atoms with E-state index in [-0.39, 0.29) is 6.61 Å². The van der Waals surface area contributed by atoms with Crippen LogP contribution in [0.2, 0.25) is 0 Å². The molecule has 1 atom stereocenters. The van der Waals surface area contributed by atoms with Crippen LogP contribution >= 0.6 is 0 Å². The third-order valence-electron chi connectivity index (χ3n) is 5.05. The van der Waals surface area contributed by atoms with E-state index < -0.39 is 18.0 Å². The Kier molecular flexibility index (Phi) is 6.08. The summed E-state index contributed by atoms with van der Waals surface area (Å²) < 4.78 is 12.1. The Hall–Kier alpha value is -3.93. The molecular formula is C25H22N2O4. The summed E-state index contributed by atoms with van der Waals surface area (Å²) in [6.07, 6.45) is 2.18. The number of fused-ring (bicyclic) bond motifs is 1. The highest BCUT2D eigenvalue weighted by Crippen LogP contribution is 2.23. The van der Waals surface area contributed by atoms with Gasteiger partial charge in [-0.25, -0.2) is 9.59 Å². The van der Waals surface area contributed by atoms with Crippen LogP contribution in [-0.2, 0) is 27.3 Å². The topological polar surface area (TPSA) is 70.4 Å². The lowest BCUT2D eigenvalue weighted by Crippen LogP contribution is -2.23. The highest BCUT2D eigenvalue weighted by atomic mass is 16.5. The van der Waals surface area contributed by atoms with Gasteiger partial charge in [0.25, 0.3) is 0 Å². The van der Waals surface area contributed by atoms with Crippen LogP contribution in [0.3, 0.4) is 0 Å². The van der Waals surface area contributed by atoms with E-state index in [4.69, 9.17) is 9.47 Å². The zero-order chi connectivity index (χ0) is 21.6. The molecular weight excluding hydrogens is 392 g/mol. The number of hydrogen-bond acceptors (Lipinski definition) is 5. The monoisotopic (exact) mass is 414 g/mol. The van der Waals surface area contributed by atoms with Crippen LogP contribution in [0.5, 0.6) is 0 Å². The molecule has 3 aromatic carbocycles. The van der Waals surface area contributed by atoms with Gasteiger partial charge in [0, 0.05) is 18.0 Å². The summed E-state index contributed by atoms with van der Waals surface area (Å²) in [4.78, 5) is 25.2. The van der Waals surface area contributed by atoms with E-state index in [2.05, 4.69) is 5.10 Å². The van der Waals surface area contributed by atoms with Crippen molar-refractivity contribution in [3.8, 4) is 0 Å². The van der Waals surface area contributed by atoms with Gasteiger partial charge in [-0.3, -0.25) is 4.68 Å². The minimum absolute atomic E-state index is 0.176. The minimum atomic E-state index is -0.645. The molecule has 0 aliphatic heterocycles. The Morgan fingerprint density at radius 3 is 2.26 bits per heavy atom. The third kappa shape index (κ3) is 4.64. The molecule has 0 N–H and O–H groups in total. The molecule has 0 fully saturated rings. The van der Waals surface area contributed by atoms with Gasteiger partial charge in [0.2, 0.25) is 0 Å². The summed E-state index contributed by atoms with van der Waals surface area (Å²) >= 11 is 0. The fourth-order valence-corrected chi connectivity index (χ4v) is 3.45.